The lowest BCUT2D eigenvalue weighted by molar-refractivity contribution is 0.532. The number of rotatable bonds is 2. The third kappa shape index (κ3) is 1.96. The molecule has 3 heteroatoms. The van der Waals surface area contributed by atoms with E-state index in [1.54, 1.807) is 12.3 Å². The van der Waals surface area contributed by atoms with E-state index in [9.17, 15) is 0 Å². The molecular formula is C9H11N3. The lowest BCUT2D eigenvalue weighted by atomic mass is 10.3. The van der Waals surface area contributed by atoms with Gasteiger partial charge in [-0.3, -0.25) is 4.68 Å². The Balaban J connectivity index is 2.79. The van der Waals surface area contributed by atoms with E-state index in [0.717, 1.165) is 5.56 Å². The predicted octanol–water partition coefficient (Wildman–Crippen LogP) is 2.00. The van der Waals surface area contributed by atoms with Gasteiger partial charge in [-0.25, -0.2) is 0 Å². The van der Waals surface area contributed by atoms with Crippen LogP contribution in [0, 0.1) is 11.3 Å². The molecule has 1 aromatic rings. The molecule has 1 heterocycles. The lowest BCUT2D eigenvalue weighted by Crippen LogP contribution is -1.99. The maximum Gasteiger partial charge on any atom is 0.0912 e. The Bertz CT molecular complexity index is 315. The van der Waals surface area contributed by atoms with Crippen LogP contribution >= 0.6 is 0 Å². The van der Waals surface area contributed by atoms with Crippen molar-refractivity contribution in [2.24, 2.45) is 0 Å². The van der Waals surface area contributed by atoms with Crippen molar-refractivity contribution in [2.45, 2.75) is 19.9 Å². The van der Waals surface area contributed by atoms with Gasteiger partial charge in [-0.1, -0.05) is 0 Å². The highest BCUT2D eigenvalue weighted by Gasteiger charge is 1.97. The molecule has 0 N–H and O–H groups in total. The molecule has 0 aliphatic heterocycles. The van der Waals surface area contributed by atoms with Crippen molar-refractivity contribution in [3.05, 3.63) is 24.0 Å². The van der Waals surface area contributed by atoms with Gasteiger partial charge in [0.15, 0.2) is 0 Å². The molecule has 12 heavy (non-hydrogen) atoms. The van der Waals surface area contributed by atoms with Gasteiger partial charge in [0.05, 0.1) is 12.3 Å². The van der Waals surface area contributed by atoms with Crippen LogP contribution in [0.15, 0.2) is 18.5 Å². The molecule has 0 aromatic carbocycles. The Labute approximate surface area is 71.9 Å². The smallest absolute Gasteiger partial charge is 0.0912 e. The highest BCUT2D eigenvalue weighted by atomic mass is 15.3. The first-order valence-electron chi connectivity index (χ1n) is 3.84. The van der Waals surface area contributed by atoms with Crippen LogP contribution in [0.2, 0.25) is 0 Å². The molecule has 0 radical (unpaired) electrons. The van der Waals surface area contributed by atoms with Crippen LogP contribution in [0.25, 0.3) is 6.08 Å². The Hall–Kier alpha value is -1.56. The average molecular weight is 161 g/mol. The minimum Gasteiger partial charge on any atom is -0.270 e. The second-order valence-corrected chi connectivity index (χ2v) is 2.81. The van der Waals surface area contributed by atoms with E-state index < -0.39 is 0 Å². The minimum absolute atomic E-state index is 0.370. The molecule has 0 spiro atoms. The molecule has 0 unspecified atom stereocenters. The van der Waals surface area contributed by atoms with Gasteiger partial charge < -0.3 is 0 Å². The Morgan fingerprint density at radius 2 is 2.42 bits per heavy atom. The summed E-state index contributed by atoms with van der Waals surface area (Å²) in [7, 11) is 0. The Kier molecular flexibility index (Phi) is 2.65. The van der Waals surface area contributed by atoms with E-state index >= 15 is 0 Å². The topological polar surface area (TPSA) is 41.6 Å². The van der Waals surface area contributed by atoms with Crippen molar-refractivity contribution in [2.75, 3.05) is 0 Å². The van der Waals surface area contributed by atoms with E-state index in [1.807, 2.05) is 16.9 Å². The fourth-order valence-electron chi connectivity index (χ4n) is 0.855. The number of hydrogen-bond acceptors (Lipinski definition) is 2. The SMILES string of the molecule is CC(C)n1cc(/C=C/C#N)cn1. The molecule has 0 fully saturated rings. The van der Waals surface area contributed by atoms with Gasteiger partial charge in [-0.15, -0.1) is 0 Å². The van der Waals surface area contributed by atoms with Crippen molar-refractivity contribution in [1.82, 2.24) is 9.78 Å². The molecule has 62 valence electrons. The summed E-state index contributed by atoms with van der Waals surface area (Å²) in [5.41, 5.74) is 0.963. The fraction of sp³-hybridized carbons (Fsp3) is 0.333. The van der Waals surface area contributed by atoms with Crippen LogP contribution in [0.5, 0.6) is 0 Å². The third-order valence-corrected chi connectivity index (χ3v) is 1.50. The van der Waals surface area contributed by atoms with Crippen LogP contribution in [0.3, 0.4) is 0 Å². The molecule has 0 saturated heterocycles. The molecule has 0 amide bonds. The molecule has 3 nitrogen and oxygen atoms in total. The van der Waals surface area contributed by atoms with E-state index in [1.165, 1.54) is 6.08 Å². The van der Waals surface area contributed by atoms with Gasteiger partial charge in [0.25, 0.3) is 0 Å². The maximum atomic E-state index is 8.28. The van der Waals surface area contributed by atoms with Crippen molar-refractivity contribution in [3.63, 3.8) is 0 Å². The zero-order valence-electron chi connectivity index (χ0n) is 7.23. The first kappa shape index (κ1) is 8.54. The van der Waals surface area contributed by atoms with E-state index in [2.05, 4.69) is 18.9 Å². The van der Waals surface area contributed by atoms with Gasteiger partial charge >= 0.3 is 0 Å². The molecule has 1 rings (SSSR count). The maximum absolute atomic E-state index is 8.28. The summed E-state index contributed by atoms with van der Waals surface area (Å²) >= 11 is 0. The summed E-state index contributed by atoms with van der Waals surface area (Å²) in [5.74, 6) is 0. The molecule has 0 aliphatic carbocycles. The first-order chi connectivity index (χ1) is 5.74. The molecule has 0 atom stereocenters. The normalized spacial score (nSPS) is 10.8. The van der Waals surface area contributed by atoms with Crippen LogP contribution < -0.4 is 0 Å². The standard InChI is InChI=1S/C9H11N3/c1-8(2)12-7-9(6-11-12)4-3-5-10/h3-4,6-8H,1-2H3/b4-3+. The average Bonchev–Trinajstić information content (AvgIpc) is 2.48. The van der Waals surface area contributed by atoms with Crippen molar-refractivity contribution in [3.8, 4) is 6.07 Å². The van der Waals surface area contributed by atoms with Gasteiger partial charge in [0, 0.05) is 23.9 Å². The quantitative estimate of drug-likeness (QED) is 0.622. The summed E-state index contributed by atoms with van der Waals surface area (Å²) in [6.45, 7) is 4.12. The lowest BCUT2D eigenvalue weighted by Gasteiger charge is -2.02. The molecule has 1 aromatic heterocycles. The fourth-order valence-corrected chi connectivity index (χ4v) is 0.855. The van der Waals surface area contributed by atoms with E-state index in [-0.39, 0.29) is 0 Å². The van der Waals surface area contributed by atoms with Crippen LogP contribution in [0.4, 0.5) is 0 Å². The van der Waals surface area contributed by atoms with Crippen LogP contribution in [-0.4, -0.2) is 9.78 Å². The third-order valence-electron chi connectivity index (χ3n) is 1.50. The minimum atomic E-state index is 0.370. The second-order valence-electron chi connectivity index (χ2n) is 2.81. The summed E-state index contributed by atoms with van der Waals surface area (Å²) < 4.78 is 1.86. The van der Waals surface area contributed by atoms with Crippen LogP contribution in [-0.2, 0) is 0 Å². The second kappa shape index (κ2) is 3.72. The van der Waals surface area contributed by atoms with Gasteiger partial charge in [0.2, 0.25) is 0 Å². The number of aromatic nitrogens is 2. The highest BCUT2D eigenvalue weighted by molar-refractivity contribution is 5.49. The number of nitrogens with zero attached hydrogens (tertiary/aromatic N) is 3. The van der Waals surface area contributed by atoms with Gasteiger partial charge in [-0.2, -0.15) is 10.4 Å². The van der Waals surface area contributed by atoms with Crippen molar-refractivity contribution in [1.29, 1.82) is 5.26 Å². The number of nitriles is 1. The number of allylic oxidation sites excluding steroid dienone is 1. The zero-order valence-corrected chi connectivity index (χ0v) is 7.23. The zero-order chi connectivity index (χ0) is 8.97. The first-order valence-corrected chi connectivity index (χ1v) is 3.84. The van der Waals surface area contributed by atoms with Crippen molar-refractivity contribution >= 4 is 6.08 Å². The molecule has 0 saturated carbocycles. The Morgan fingerprint density at radius 1 is 1.67 bits per heavy atom. The molecular weight excluding hydrogens is 150 g/mol. The molecule has 0 bridgehead atoms. The molecule has 0 aliphatic rings. The van der Waals surface area contributed by atoms with Gasteiger partial charge in [0.1, 0.15) is 0 Å². The van der Waals surface area contributed by atoms with Crippen LogP contribution in [0.1, 0.15) is 25.5 Å². The summed E-state index contributed by atoms with van der Waals surface area (Å²) in [6, 6.07) is 2.31. The predicted molar refractivity (Wildman–Crippen MR) is 47.3 cm³/mol. The van der Waals surface area contributed by atoms with Gasteiger partial charge in [-0.05, 0) is 19.9 Å². The van der Waals surface area contributed by atoms with Crippen molar-refractivity contribution < 1.29 is 0 Å². The van der Waals surface area contributed by atoms with E-state index in [0.29, 0.717) is 6.04 Å². The number of hydrogen-bond donors (Lipinski definition) is 0. The Morgan fingerprint density at radius 3 is 2.92 bits per heavy atom. The largest absolute Gasteiger partial charge is 0.270 e. The highest BCUT2D eigenvalue weighted by Crippen LogP contribution is 2.06. The summed E-state index contributed by atoms with van der Waals surface area (Å²) in [6.07, 6.45) is 6.85. The van der Waals surface area contributed by atoms with E-state index in [4.69, 9.17) is 5.26 Å². The monoisotopic (exact) mass is 161 g/mol. The summed E-state index contributed by atoms with van der Waals surface area (Å²) in [5, 5.41) is 12.4. The summed E-state index contributed by atoms with van der Waals surface area (Å²) in [4.78, 5) is 0.